The number of hydrogen-bond acceptors (Lipinski definition) is 2. The molecule has 0 saturated carbocycles. The Morgan fingerprint density at radius 1 is 1.11 bits per heavy atom. The van der Waals surface area contributed by atoms with Gasteiger partial charge in [0.25, 0.3) is 0 Å². The number of hydrogen-bond donors (Lipinski definition) is 1. The molecule has 0 amide bonds. The van der Waals surface area contributed by atoms with E-state index in [0.29, 0.717) is 6.04 Å². The highest BCUT2D eigenvalue weighted by Crippen LogP contribution is 2.14. The summed E-state index contributed by atoms with van der Waals surface area (Å²) in [7, 11) is 0. The SMILES string of the molecule is Cc1cccc(CCC(N)CCc2cccs2)c1. The second kappa shape index (κ2) is 6.72. The van der Waals surface area contributed by atoms with E-state index in [1.807, 2.05) is 11.3 Å². The van der Waals surface area contributed by atoms with Crippen LogP contribution >= 0.6 is 11.3 Å². The minimum Gasteiger partial charge on any atom is -0.328 e. The van der Waals surface area contributed by atoms with Gasteiger partial charge in [-0.25, -0.2) is 0 Å². The van der Waals surface area contributed by atoms with E-state index >= 15 is 0 Å². The number of benzene rings is 1. The molecule has 0 radical (unpaired) electrons. The van der Waals surface area contributed by atoms with Crippen LogP contribution < -0.4 is 5.73 Å². The third kappa shape index (κ3) is 4.28. The Balaban J connectivity index is 1.73. The van der Waals surface area contributed by atoms with Crippen molar-refractivity contribution >= 4 is 11.3 Å². The van der Waals surface area contributed by atoms with E-state index < -0.39 is 0 Å². The Bertz CT molecular complexity index is 462. The van der Waals surface area contributed by atoms with Crippen LogP contribution in [0.15, 0.2) is 41.8 Å². The molecule has 1 nitrogen and oxygen atoms in total. The molecule has 0 aliphatic carbocycles. The molecule has 0 bridgehead atoms. The van der Waals surface area contributed by atoms with Gasteiger partial charge in [-0.3, -0.25) is 0 Å². The summed E-state index contributed by atoms with van der Waals surface area (Å²) in [5.74, 6) is 0. The molecule has 1 heterocycles. The normalized spacial score (nSPS) is 12.6. The van der Waals surface area contributed by atoms with Crippen LogP contribution in [-0.2, 0) is 12.8 Å². The Kier molecular flexibility index (Phi) is 4.97. The molecule has 1 unspecified atom stereocenters. The topological polar surface area (TPSA) is 26.0 Å². The van der Waals surface area contributed by atoms with Crippen molar-refractivity contribution < 1.29 is 0 Å². The van der Waals surface area contributed by atoms with Crippen LogP contribution in [-0.4, -0.2) is 6.04 Å². The van der Waals surface area contributed by atoms with Crippen molar-refractivity contribution in [2.24, 2.45) is 5.73 Å². The lowest BCUT2D eigenvalue weighted by molar-refractivity contribution is 0.571. The molecule has 2 aromatic rings. The maximum atomic E-state index is 6.18. The van der Waals surface area contributed by atoms with Gasteiger partial charge in [0.2, 0.25) is 0 Å². The van der Waals surface area contributed by atoms with Gasteiger partial charge in [0.15, 0.2) is 0 Å². The lowest BCUT2D eigenvalue weighted by atomic mass is 10.0. The summed E-state index contributed by atoms with van der Waals surface area (Å²) in [6, 6.07) is 13.3. The molecule has 2 heteroatoms. The molecule has 1 atom stereocenters. The highest BCUT2D eigenvalue weighted by Gasteiger charge is 2.04. The van der Waals surface area contributed by atoms with Crippen molar-refractivity contribution in [3.8, 4) is 0 Å². The summed E-state index contributed by atoms with van der Waals surface area (Å²) in [4.78, 5) is 1.45. The minimum atomic E-state index is 0.313. The van der Waals surface area contributed by atoms with Crippen molar-refractivity contribution in [1.82, 2.24) is 0 Å². The first kappa shape index (κ1) is 13.3. The van der Waals surface area contributed by atoms with Crippen molar-refractivity contribution in [2.75, 3.05) is 0 Å². The van der Waals surface area contributed by atoms with Crippen LogP contribution in [0.4, 0.5) is 0 Å². The predicted octanol–water partition coefficient (Wildman–Crippen LogP) is 3.95. The summed E-state index contributed by atoms with van der Waals surface area (Å²) < 4.78 is 0. The summed E-state index contributed by atoms with van der Waals surface area (Å²) >= 11 is 1.83. The standard InChI is InChI=1S/C16H21NS/c1-13-4-2-5-14(12-13)7-8-15(17)9-10-16-6-3-11-18-16/h2-6,11-12,15H,7-10,17H2,1H3. The molecule has 1 aromatic carbocycles. The van der Waals surface area contributed by atoms with E-state index in [9.17, 15) is 0 Å². The fourth-order valence-corrected chi connectivity index (χ4v) is 2.87. The molecule has 2 rings (SSSR count). The van der Waals surface area contributed by atoms with E-state index in [0.717, 1.165) is 25.7 Å². The van der Waals surface area contributed by atoms with E-state index in [1.165, 1.54) is 16.0 Å². The third-order valence-electron chi connectivity index (χ3n) is 3.23. The van der Waals surface area contributed by atoms with Gasteiger partial charge in [-0.15, -0.1) is 11.3 Å². The first-order valence-corrected chi connectivity index (χ1v) is 7.45. The Morgan fingerprint density at radius 3 is 2.67 bits per heavy atom. The van der Waals surface area contributed by atoms with Crippen molar-refractivity contribution in [3.63, 3.8) is 0 Å². The first-order chi connectivity index (χ1) is 8.74. The van der Waals surface area contributed by atoms with Gasteiger partial charge < -0.3 is 5.73 Å². The van der Waals surface area contributed by atoms with Crippen LogP contribution in [0.1, 0.15) is 28.8 Å². The zero-order valence-electron chi connectivity index (χ0n) is 10.9. The minimum absolute atomic E-state index is 0.313. The highest BCUT2D eigenvalue weighted by molar-refractivity contribution is 7.09. The predicted molar refractivity (Wildman–Crippen MR) is 80.1 cm³/mol. The van der Waals surface area contributed by atoms with Gasteiger partial charge in [0, 0.05) is 10.9 Å². The molecule has 18 heavy (non-hydrogen) atoms. The molecular formula is C16H21NS. The van der Waals surface area contributed by atoms with E-state index in [1.54, 1.807) is 0 Å². The molecule has 96 valence electrons. The average Bonchev–Trinajstić information content (AvgIpc) is 2.87. The fourth-order valence-electron chi connectivity index (χ4n) is 2.15. The lowest BCUT2D eigenvalue weighted by Crippen LogP contribution is -2.21. The molecule has 0 fully saturated rings. The first-order valence-electron chi connectivity index (χ1n) is 6.57. The summed E-state index contributed by atoms with van der Waals surface area (Å²) in [6.07, 6.45) is 4.38. The number of rotatable bonds is 6. The smallest absolute Gasteiger partial charge is 0.00458 e. The van der Waals surface area contributed by atoms with Crippen LogP contribution in [0, 0.1) is 6.92 Å². The molecule has 1 aromatic heterocycles. The molecular weight excluding hydrogens is 238 g/mol. The van der Waals surface area contributed by atoms with Gasteiger partial charge in [-0.2, -0.15) is 0 Å². The van der Waals surface area contributed by atoms with Crippen LogP contribution in [0.25, 0.3) is 0 Å². The monoisotopic (exact) mass is 259 g/mol. The van der Waals surface area contributed by atoms with Crippen LogP contribution in [0.2, 0.25) is 0 Å². The van der Waals surface area contributed by atoms with E-state index in [4.69, 9.17) is 5.73 Å². The maximum absolute atomic E-state index is 6.18. The van der Waals surface area contributed by atoms with Crippen molar-refractivity contribution in [1.29, 1.82) is 0 Å². The Labute approximate surface area is 114 Å². The molecule has 2 N–H and O–H groups in total. The number of nitrogens with two attached hydrogens (primary N) is 1. The second-order valence-electron chi connectivity index (χ2n) is 4.91. The van der Waals surface area contributed by atoms with Gasteiger partial charge in [0.05, 0.1) is 0 Å². The molecule has 0 saturated heterocycles. The van der Waals surface area contributed by atoms with Gasteiger partial charge in [-0.05, 0) is 49.6 Å². The Morgan fingerprint density at radius 2 is 1.94 bits per heavy atom. The zero-order valence-corrected chi connectivity index (χ0v) is 11.7. The highest BCUT2D eigenvalue weighted by atomic mass is 32.1. The summed E-state index contributed by atoms with van der Waals surface area (Å²) in [5.41, 5.74) is 8.92. The average molecular weight is 259 g/mol. The summed E-state index contributed by atoms with van der Waals surface area (Å²) in [6.45, 7) is 2.14. The maximum Gasteiger partial charge on any atom is 0.00458 e. The molecule has 0 aliphatic rings. The molecule has 0 spiro atoms. The van der Waals surface area contributed by atoms with Gasteiger partial charge >= 0.3 is 0 Å². The zero-order chi connectivity index (χ0) is 12.8. The lowest BCUT2D eigenvalue weighted by Gasteiger charge is -2.11. The van der Waals surface area contributed by atoms with Gasteiger partial charge in [-0.1, -0.05) is 35.9 Å². The summed E-state index contributed by atoms with van der Waals surface area (Å²) in [5, 5.41) is 2.13. The van der Waals surface area contributed by atoms with Crippen molar-refractivity contribution in [3.05, 3.63) is 57.8 Å². The second-order valence-corrected chi connectivity index (χ2v) is 5.94. The largest absolute Gasteiger partial charge is 0.328 e. The van der Waals surface area contributed by atoms with Gasteiger partial charge in [0.1, 0.15) is 0 Å². The van der Waals surface area contributed by atoms with Crippen molar-refractivity contribution in [2.45, 2.75) is 38.6 Å². The van der Waals surface area contributed by atoms with E-state index in [2.05, 4.69) is 48.7 Å². The number of thiophene rings is 1. The number of aryl methyl sites for hydroxylation is 3. The molecule has 0 aliphatic heterocycles. The fraction of sp³-hybridized carbons (Fsp3) is 0.375. The van der Waals surface area contributed by atoms with Crippen LogP contribution in [0.5, 0.6) is 0 Å². The van der Waals surface area contributed by atoms with Crippen LogP contribution in [0.3, 0.4) is 0 Å². The third-order valence-corrected chi connectivity index (χ3v) is 4.16. The Hall–Kier alpha value is -1.12. The quantitative estimate of drug-likeness (QED) is 0.835. The van der Waals surface area contributed by atoms with E-state index in [-0.39, 0.29) is 0 Å².